The largest absolute Gasteiger partial charge is 0.352 e. The van der Waals surface area contributed by atoms with Crippen LogP contribution in [0.3, 0.4) is 0 Å². The molecule has 114 valence electrons. The topological polar surface area (TPSA) is 80.3 Å². The van der Waals surface area contributed by atoms with E-state index in [1.54, 1.807) is 24.3 Å². The molecule has 0 saturated carbocycles. The molecule has 5 nitrogen and oxygen atoms in total. The van der Waals surface area contributed by atoms with Crippen molar-refractivity contribution >= 4 is 33.1 Å². The fourth-order valence-corrected chi connectivity index (χ4v) is 4.02. The number of sulfone groups is 1. The van der Waals surface area contributed by atoms with Crippen LogP contribution in [0.25, 0.3) is 0 Å². The third-order valence-electron chi connectivity index (χ3n) is 3.34. The molecule has 1 saturated heterocycles. The highest BCUT2D eigenvalue weighted by Crippen LogP contribution is 2.13. The van der Waals surface area contributed by atoms with E-state index in [1.165, 1.54) is 0 Å². The first-order valence-electron chi connectivity index (χ1n) is 6.64. The molecule has 0 bridgehead atoms. The van der Waals surface area contributed by atoms with Crippen molar-refractivity contribution in [2.75, 3.05) is 11.5 Å². The quantitative estimate of drug-likeness (QED) is 0.832. The number of carbonyl (C=O) groups is 2. The van der Waals surface area contributed by atoms with Crippen LogP contribution in [0.4, 0.5) is 0 Å². The zero-order valence-electron chi connectivity index (χ0n) is 11.3. The third kappa shape index (κ3) is 4.82. The van der Waals surface area contributed by atoms with Gasteiger partial charge < -0.3 is 5.32 Å². The van der Waals surface area contributed by atoms with Gasteiger partial charge in [0, 0.05) is 29.5 Å². The molecular weight excluding hydrogens is 314 g/mol. The lowest BCUT2D eigenvalue weighted by atomic mass is 10.1. The van der Waals surface area contributed by atoms with Crippen LogP contribution in [-0.2, 0) is 14.6 Å². The van der Waals surface area contributed by atoms with E-state index in [-0.39, 0.29) is 42.1 Å². The lowest BCUT2D eigenvalue weighted by Gasteiger charge is -2.10. The van der Waals surface area contributed by atoms with Gasteiger partial charge in [-0.15, -0.1) is 0 Å². The van der Waals surface area contributed by atoms with Crippen molar-refractivity contribution in [1.82, 2.24) is 5.32 Å². The Balaban J connectivity index is 1.79. The van der Waals surface area contributed by atoms with Crippen LogP contribution in [0.5, 0.6) is 0 Å². The van der Waals surface area contributed by atoms with Crippen molar-refractivity contribution in [1.29, 1.82) is 0 Å². The van der Waals surface area contributed by atoms with Gasteiger partial charge in [0.2, 0.25) is 5.91 Å². The fourth-order valence-electron chi connectivity index (χ4n) is 2.22. The number of carbonyl (C=O) groups excluding carboxylic acids is 2. The van der Waals surface area contributed by atoms with Crippen molar-refractivity contribution in [2.24, 2.45) is 0 Å². The van der Waals surface area contributed by atoms with Crippen molar-refractivity contribution in [3.63, 3.8) is 0 Å². The van der Waals surface area contributed by atoms with Crippen LogP contribution in [-0.4, -0.2) is 37.7 Å². The second kappa shape index (κ2) is 6.58. The SMILES string of the molecule is O=C(CCC(=O)c1ccc(Cl)cc1)N[C@@H]1CCS(=O)(=O)C1. The van der Waals surface area contributed by atoms with Gasteiger partial charge in [-0.2, -0.15) is 0 Å². The van der Waals surface area contributed by atoms with Crippen LogP contribution in [0, 0.1) is 0 Å². The number of halogens is 1. The van der Waals surface area contributed by atoms with E-state index in [4.69, 9.17) is 11.6 Å². The molecule has 1 heterocycles. The highest BCUT2D eigenvalue weighted by atomic mass is 35.5. The molecule has 1 N–H and O–H groups in total. The van der Waals surface area contributed by atoms with Gasteiger partial charge in [-0.1, -0.05) is 11.6 Å². The van der Waals surface area contributed by atoms with Crippen molar-refractivity contribution in [3.05, 3.63) is 34.9 Å². The maximum absolute atomic E-state index is 11.9. The second-order valence-corrected chi connectivity index (χ2v) is 7.76. The summed E-state index contributed by atoms with van der Waals surface area (Å²) in [6.07, 6.45) is 0.587. The summed E-state index contributed by atoms with van der Waals surface area (Å²) in [7, 11) is -3.01. The lowest BCUT2D eigenvalue weighted by molar-refractivity contribution is -0.121. The third-order valence-corrected chi connectivity index (χ3v) is 5.36. The summed E-state index contributed by atoms with van der Waals surface area (Å²) in [5.74, 6) is -0.328. The summed E-state index contributed by atoms with van der Waals surface area (Å²) in [6, 6.07) is 6.16. The number of ketones is 1. The van der Waals surface area contributed by atoms with E-state index in [2.05, 4.69) is 5.32 Å². The molecule has 0 unspecified atom stereocenters. The molecule has 2 rings (SSSR count). The standard InChI is InChI=1S/C14H16ClNO4S/c15-11-3-1-10(2-4-11)13(17)5-6-14(18)16-12-7-8-21(19,20)9-12/h1-4,12H,5-9H2,(H,16,18)/t12-/m1/s1. The zero-order chi connectivity index (χ0) is 15.5. The second-order valence-electron chi connectivity index (χ2n) is 5.10. The summed E-state index contributed by atoms with van der Waals surface area (Å²) in [5.41, 5.74) is 0.510. The Labute approximate surface area is 128 Å². The van der Waals surface area contributed by atoms with Gasteiger partial charge >= 0.3 is 0 Å². The summed E-state index contributed by atoms with van der Waals surface area (Å²) >= 11 is 5.74. The average Bonchev–Trinajstić information content (AvgIpc) is 2.76. The summed E-state index contributed by atoms with van der Waals surface area (Å²) in [4.78, 5) is 23.6. The van der Waals surface area contributed by atoms with Crippen LogP contribution >= 0.6 is 11.6 Å². The predicted octanol–water partition coefficient (Wildman–Crippen LogP) is 1.61. The molecule has 21 heavy (non-hydrogen) atoms. The molecule has 0 radical (unpaired) electrons. The Morgan fingerprint density at radius 2 is 1.86 bits per heavy atom. The van der Waals surface area contributed by atoms with Gasteiger partial charge in [-0.3, -0.25) is 9.59 Å². The van der Waals surface area contributed by atoms with E-state index < -0.39 is 9.84 Å². The van der Waals surface area contributed by atoms with Gasteiger partial charge in [0.25, 0.3) is 0 Å². The maximum atomic E-state index is 11.9. The highest BCUT2D eigenvalue weighted by Gasteiger charge is 2.28. The Kier molecular flexibility index (Phi) is 5.00. The molecule has 1 amide bonds. The summed E-state index contributed by atoms with van der Waals surface area (Å²) < 4.78 is 22.6. The van der Waals surface area contributed by atoms with Gasteiger partial charge in [-0.25, -0.2) is 8.42 Å². The van der Waals surface area contributed by atoms with Gasteiger partial charge in [-0.05, 0) is 30.7 Å². The minimum Gasteiger partial charge on any atom is -0.352 e. The van der Waals surface area contributed by atoms with E-state index in [0.717, 1.165) is 0 Å². The van der Waals surface area contributed by atoms with Crippen LogP contribution in [0.15, 0.2) is 24.3 Å². The first kappa shape index (κ1) is 16.0. The molecule has 7 heteroatoms. The molecule has 0 spiro atoms. The Hall–Kier alpha value is -1.40. The van der Waals surface area contributed by atoms with E-state index in [0.29, 0.717) is 17.0 Å². The van der Waals surface area contributed by atoms with Gasteiger partial charge in [0.15, 0.2) is 15.6 Å². The fraction of sp³-hybridized carbons (Fsp3) is 0.429. The Morgan fingerprint density at radius 1 is 1.19 bits per heavy atom. The predicted molar refractivity (Wildman–Crippen MR) is 80.2 cm³/mol. The van der Waals surface area contributed by atoms with Crippen molar-refractivity contribution in [3.8, 4) is 0 Å². The summed E-state index contributed by atoms with van der Waals surface area (Å²) in [6.45, 7) is 0. The molecule has 1 aromatic carbocycles. The number of amides is 1. The highest BCUT2D eigenvalue weighted by molar-refractivity contribution is 7.91. The number of Topliss-reactive ketones (excluding diaryl/α,β-unsaturated/α-hetero) is 1. The molecule has 1 fully saturated rings. The summed E-state index contributed by atoms with van der Waals surface area (Å²) in [5, 5.41) is 3.21. The van der Waals surface area contributed by atoms with Crippen LogP contribution in [0.2, 0.25) is 5.02 Å². The number of hydrogen-bond donors (Lipinski definition) is 1. The Morgan fingerprint density at radius 3 is 2.43 bits per heavy atom. The number of nitrogens with one attached hydrogen (secondary N) is 1. The monoisotopic (exact) mass is 329 g/mol. The zero-order valence-corrected chi connectivity index (χ0v) is 12.9. The number of benzene rings is 1. The van der Waals surface area contributed by atoms with E-state index in [1.807, 2.05) is 0 Å². The van der Waals surface area contributed by atoms with E-state index in [9.17, 15) is 18.0 Å². The molecule has 1 atom stereocenters. The van der Waals surface area contributed by atoms with Gasteiger partial charge in [0.1, 0.15) is 0 Å². The number of hydrogen-bond acceptors (Lipinski definition) is 4. The first-order valence-corrected chi connectivity index (χ1v) is 8.84. The van der Waals surface area contributed by atoms with E-state index >= 15 is 0 Å². The average molecular weight is 330 g/mol. The first-order chi connectivity index (χ1) is 9.85. The minimum atomic E-state index is -3.01. The van der Waals surface area contributed by atoms with Crippen LogP contribution in [0.1, 0.15) is 29.6 Å². The lowest BCUT2D eigenvalue weighted by Crippen LogP contribution is -2.35. The Bertz CT molecular complexity index is 639. The molecule has 1 aromatic rings. The molecular formula is C14H16ClNO4S. The number of rotatable bonds is 5. The van der Waals surface area contributed by atoms with Gasteiger partial charge in [0.05, 0.1) is 11.5 Å². The normalized spacial score (nSPS) is 20.1. The molecule has 1 aliphatic heterocycles. The molecule has 0 aliphatic carbocycles. The smallest absolute Gasteiger partial charge is 0.220 e. The minimum absolute atomic E-state index is 0.0100. The van der Waals surface area contributed by atoms with Crippen molar-refractivity contribution < 1.29 is 18.0 Å². The maximum Gasteiger partial charge on any atom is 0.220 e. The van der Waals surface area contributed by atoms with Crippen LogP contribution < -0.4 is 5.32 Å². The molecule has 0 aromatic heterocycles. The molecule has 1 aliphatic rings. The van der Waals surface area contributed by atoms with Crippen molar-refractivity contribution in [2.45, 2.75) is 25.3 Å².